The van der Waals surface area contributed by atoms with Gasteiger partial charge in [0.1, 0.15) is 19.3 Å². The number of esters is 4. The average molecular weight is 1510 g/mol. The van der Waals surface area contributed by atoms with Gasteiger partial charge in [-0.2, -0.15) is 0 Å². The average Bonchev–Trinajstić information content (AvgIpc) is 0.906. The summed E-state index contributed by atoms with van der Waals surface area (Å²) in [5.74, 6) is -0.502. The van der Waals surface area contributed by atoms with E-state index in [1.54, 1.807) is 0 Å². The molecule has 0 spiro atoms. The van der Waals surface area contributed by atoms with E-state index in [0.717, 1.165) is 108 Å². The maximum Gasteiger partial charge on any atom is 0.472 e. The first-order valence-corrected chi connectivity index (χ1v) is 46.5. The number of aliphatic hydroxyl groups excluding tert-OH is 1. The Kier molecular flexibility index (Phi) is 74.1. The fraction of sp³-hybridized carbons (Fsp3) is 0.952. The van der Waals surface area contributed by atoms with Crippen LogP contribution in [0.25, 0.3) is 0 Å². The van der Waals surface area contributed by atoms with Crippen LogP contribution in [0.3, 0.4) is 0 Å². The molecular weight excluding hydrogens is 1340 g/mol. The first-order chi connectivity index (χ1) is 49.9. The molecule has 612 valence electrons. The van der Waals surface area contributed by atoms with Gasteiger partial charge in [0.05, 0.1) is 26.4 Å². The number of ether oxygens (including phenoxy) is 4. The summed E-state index contributed by atoms with van der Waals surface area (Å²) < 4.78 is 68.8. The maximum absolute atomic E-state index is 13.1. The van der Waals surface area contributed by atoms with Crippen LogP contribution in [0, 0.1) is 11.8 Å². The molecule has 17 nitrogen and oxygen atoms in total. The molecule has 0 bridgehead atoms. The minimum absolute atomic E-state index is 0.108. The lowest BCUT2D eigenvalue weighted by molar-refractivity contribution is -0.161. The second-order valence-electron chi connectivity index (χ2n) is 31.2. The highest BCUT2D eigenvalue weighted by molar-refractivity contribution is 7.47. The molecule has 0 radical (unpaired) electrons. The number of phosphoric ester groups is 2. The van der Waals surface area contributed by atoms with Gasteiger partial charge in [-0.25, -0.2) is 9.13 Å². The van der Waals surface area contributed by atoms with Crippen molar-refractivity contribution in [3.05, 3.63) is 0 Å². The molecule has 3 N–H and O–H groups in total. The highest BCUT2D eigenvalue weighted by Gasteiger charge is 2.30. The molecule has 0 fully saturated rings. The predicted molar refractivity (Wildman–Crippen MR) is 423 cm³/mol. The number of hydrogen-bond acceptors (Lipinski definition) is 15. The summed E-state index contributed by atoms with van der Waals surface area (Å²) in [6.45, 7) is 9.68. The zero-order chi connectivity index (χ0) is 75.6. The van der Waals surface area contributed by atoms with Crippen LogP contribution in [0.5, 0.6) is 0 Å². The van der Waals surface area contributed by atoms with Crippen molar-refractivity contribution >= 4 is 39.5 Å². The second kappa shape index (κ2) is 75.5. The van der Waals surface area contributed by atoms with Gasteiger partial charge in [-0.05, 0) is 37.5 Å². The molecule has 0 aromatic heterocycles. The normalized spacial score (nSPS) is 13.9. The standard InChI is InChI=1S/C84H164O17P2/c1-7-9-11-13-15-17-18-19-20-21-22-23-27-33-38-43-49-55-61-67-82(87)95-73-80(101-84(89)68-62-56-50-44-39-34-28-25-24-26-31-36-41-46-52-58-64-76(3)4)75-99-103(92,93)97-71-78(85)70-96-102(90,91)98-74-79(72-94-81(86)66-60-54-48-16-14-12-10-8-2)100-83(88)69-63-57-51-45-40-35-30-29-32-37-42-47-53-59-65-77(5)6/h76-80,85H,7-75H2,1-6H3,(H,90,91)(H,92,93)/t78-,79+,80+/m0/s1. The van der Waals surface area contributed by atoms with E-state index in [2.05, 4.69) is 41.5 Å². The Balaban J connectivity index is 5.19. The summed E-state index contributed by atoms with van der Waals surface area (Å²) in [6.07, 6.45) is 66.7. The lowest BCUT2D eigenvalue weighted by Gasteiger charge is -2.21. The molecule has 0 aromatic carbocycles. The fourth-order valence-electron chi connectivity index (χ4n) is 13.1. The van der Waals surface area contributed by atoms with Gasteiger partial charge in [0.25, 0.3) is 0 Å². The van der Waals surface area contributed by atoms with Gasteiger partial charge < -0.3 is 33.8 Å². The fourth-order valence-corrected chi connectivity index (χ4v) is 14.6. The van der Waals surface area contributed by atoms with Crippen LogP contribution in [0.15, 0.2) is 0 Å². The molecular formula is C84H164O17P2. The number of phosphoric acid groups is 2. The van der Waals surface area contributed by atoms with Crippen molar-refractivity contribution in [2.24, 2.45) is 11.8 Å². The Labute approximate surface area is 632 Å². The van der Waals surface area contributed by atoms with Crippen molar-refractivity contribution in [3.8, 4) is 0 Å². The first-order valence-electron chi connectivity index (χ1n) is 43.5. The van der Waals surface area contributed by atoms with Crippen molar-refractivity contribution in [3.63, 3.8) is 0 Å². The van der Waals surface area contributed by atoms with Crippen LogP contribution in [-0.2, 0) is 65.4 Å². The zero-order valence-electron chi connectivity index (χ0n) is 67.6. The lowest BCUT2D eigenvalue weighted by atomic mass is 10.0. The van der Waals surface area contributed by atoms with Gasteiger partial charge in [-0.1, -0.05) is 395 Å². The molecule has 0 aromatic rings. The SMILES string of the molecule is CCCCCCCCCCCCCCCCCCCCCC(=O)OC[C@H](COP(=O)(O)OC[C@@H](O)COP(=O)(O)OC[C@@H](COC(=O)CCCCCCCCCC)OC(=O)CCCCCCCCCCCCCCCCC(C)C)OC(=O)CCCCCCCCCCCCCCCCCCC(C)C. The molecule has 0 aliphatic rings. The molecule has 0 aliphatic heterocycles. The number of rotatable bonds is 83. The van der Waals surface area contributed by atoms with E-state index in [1.807, 2.05) is 0 Å². The second-order valence-corrected chi connectivity index (χ2v) is 34.1. The van der Waals surface area contributed by atoms with Crippen molar-refractivity contribution in [1.82, 2.24) is 0 Å². The van der Waals surface area contributed by atoms with E-state index in [1.165, 1.54) is 257 Å². The molecule has 103 heavy (non-hydrogen) atoms. The summed E-state index contributed by atoms with van der Waals surface area (Å²) in [7, 11) is -9.92. The summed E-state index contributed by atoms with van der Waals surface area (Å²) >= 11 is 0. The lowest BCUT2D eigenvalue weighted by Crippen LogP contribution is -2.30. The molecule has 0 saturated heterocycles. The number of unbranched alkanes of at least 4 members (excludes halogenated alkanes) is 53. The van der Waals surface area contributed by atoms with Crippen molar-refractivity contribution in [2.75, 3.05) is 39.6 Å². The van der Waals surface area contributed by atoms with E-state index >= 15 is 0 Å². The minimum Gasteiger partial charge on any atom is -0.462 e. The Hall–Kier alpha value is -1.94. The first kappa shape index (κ1) is 101. The van der Waals surface area contributed by atoms with Crippen molar-refractivity contribution in [1.29, 1.82) is 0 Å². The smallest absolute Gasteiger partial charge is 0.462 e. The number of carbonyl (C=O) groups excluding carboxylic acids is 4. The molecule has 0 heterocycles. The van der Waals surface area contributed by atoms with Gasteiger partial charge in [0.2, 0.25) is 0 Å². The number of hydrogen-bond donors (Lipinski definition) is 3. The van der Waals surface area contributed by atoms with Gasteiger partial charge in [0.15, 0.2) is 12.2 Å². The number of carbonyl (C=O) groups is 4. The van der Waals surface area contributed by atoms with Crippen LogP contribution < -0.4 is 0 Å². The molecule has 2 unspecified atom stereocenters. The molecule has 0 amide bonds. The number of aliphatic hydroxyl groups is 1. The van der Waals surface area contributed by atoms with Gasteiger partial charge in [0, 0.05) is 25.7 Å². The van der Waals surface area contributed by atoms with E-state index in [0.29, 0.717) is 25.7 Å². The Bertz CT molecular complexity index is 1980. The van der Waals surface area contributed by atoms with Crippen molar-refractivity contribution in [2.45, 2.75) is 464 Å². The quantitative estimate of drug-likeness (QED) is 0.0222. The van der Waals surface area contributed by atoms with Gasteiger partial charge in [-0.15, -0.1) is 0 Å². The van der Waals surface area contributed by atoms with Gasteiger partial charge in [-0.3, -0.25) is 37.3 Å². The Morgan fingerprint density at radius 3 is 0.660 bits per heavy atom. The highest BCUT2D eigenvalue weighted by Crippen LogP contribution is 2.45. The molecule has 0 aliphatic carbocycles. The van der Waals surface area contributed by atoms with E-state index < -0.39 is 97.5 Å². The van der Waals surface area contributed by atoms with Crippen LogP contribution in [0.1, 0.15) is 446 Å². The molecule has 0 saturated carbocycles. The predicted octanol–water partition coefficient (Wildman–Crippen LogP) is 25.5. The van der Waals surface area contributed by atoms with Crippen LogP contribution >= 0.6 is 15.6 Å². The molecule has 5 atom stereocenters. The third-order valence-electron chi connectivity index (χ3n) is 19.7. The van der Waals surface area contributed by atoms with Gasteiger partial charge >= 0.3 is 39.5 Å². The van der Waals surface area contributed by atoms with E-state index in [-0.39, 0.29) is 25.7 Å². The summed E-state index contributed by atoms with van der Waals surface area (Å²) in [4.78, 5) is 73.1. The molecule has 19 heteroatoms. The summed E-state index contributed by atoms with van der Waals surface area (Å²) in [5, 5.41) is 10.7. The van der Waals surface area contributed by atoms with Crippen LogP contribution in [0.4, 0.5) is 0 Å². The van der Waals surface area contributed by atoms with Crippen LogP contribution in [-0.4, -0.2) is 96.7 Å². The summed E-state index contributed by atoms with van der Waals surface area (Å²) in [5.41, 5.74) is 0. The third-order valence-corrected chi connectivity index (χ3v) is 21.6. The Morgan fingerprint density at radius 2 is 0.447 bits per heavy atom. The van der Waals surface area contributed by atoms with E-state index in [9.17, 15) is 43.2 Å². The zero-order valence-corrected chi connectivity index (χ0v) is 69.4. The van der Waals surface area contributed by atoms with Crippen molar-refractivity contribution < 1.29 is 80.2 Å². The minimum atomic E-state index is -4.96. The topological polar surface area (TPSA) is 237 Å². The highest BCUT2D eigenvalue weighted by atomic mass is 31.2. The summed E-state index contributed by atoms with van der Waals surface area (Å²) in [6, 6.07) is 0. The largest absolute Gasteiger partial charge is 0.472 e. The monoisotopic (exact) mass is 1510 g/mol. The van der Waals surface area contributed by atoms with Crippen LogP contribution in [0.2, 0.25) is 0 Å². The van der Waals surface area contributed by atoms with E-state index in [4.69, 9.17) is 37.0 Å². The molecule has 0 rings (SSSR count). The third kappa shape index (κ3) is 78.0. The maximum atomic E-state index is 13.1. The Morgan fingerprint density at radius 1 is 0.262 bits per heavy atom.